The number of hydrogen-bond donors (Lipinski definition) is 2. The van der Waals surface area contributed by atoms with Crippen LogP contribution in [0.2, 0.25) is 0 Å². The molecule has 0 aromatic rings. The zero-order chi connectivity index (χ0) is 22.0. The van der Waals surface area contributed by atoms with Crippen molar-refractivity contribution in [1.82, 2.24) is 0 Å². The Bertz CT molecular complexity index is 710. The SMILES string of the molecule is CC[C@H](C)C(=O)O[C@H]1CC(C)C=C2C=C(O)[C@H](C)[C@H](CCC3C[C@@H](O)CC(=O)O3)[C@H]21. The van der Waals surface area contributed by atoms with Gasteiger partial charge in [-0.05, 0) is 49.2 Å². The zero-order valence-corrected chi connectivity index (χ0v) is 18.5. The molecular formula is C24H36O6. The molecule has 1 heterocycles. The lowest BCUT2D eigenvalue weighted by atomic mass is 9.64. The fraction of sp³-hybridized carbons (Fsp3) is 0.750. The topological polar surface area (TPSA) is 93.1 Å². The van der Waals surface area contributed by atoms with Crippen molar-refractivity contribution in [1.29, 1.82) is 0 Å². The highest BCUT2D eigenvalue weighted by Gasteiger charge is 2.44. The fourth-order valence-corrected chi connectivity index (χ4v) is 5.13. The molecule has 1 fully saturated rings. The summed E-state index contributed by atoms with van der Waals surface area (Å²) in [4.78, 5) is 24.2. The van der Waals surface area contributed by atoms with Gasteiger partial charge >= 0.3 is 11.9 Å². The van der Waals surface area contributed by atoms with E-state index in [1.165, 1.54) is 0 Å². The highest BCUT2D eigenvalue weighted by Crippen LogP contribution is 2.47. The van der Waals surface area contributed by atoms with Crippen LogP contribution in [0, 0.1) is 29.6 Å². The molecule has 0 saturated carbocycles. The molecule has 2 aliphatic carbocycles. The molecule has 6 nitrogen and oxygen atoms in total. The fourth-order valence-electron chi connectivity index (χ4n) is 5.13. The van der Waals surface area contributed by atoms with Crippen LogP contribution < -0.4 is 0 Å². The van der Waals surface area contributed by atoms with Crippen LogP contribution in [0.15, 0.2) is 23.5 Å². The van der Waals surface area contributed by atoms with Crippen molar-refractivity contribution in [3.05, 3.63) is 23.5 Å². The molecule has 0 aromatic carbocycles. The summed E-state index contributed by atoms with van der Waals surface area (Å²) in [5.74, 6) is -0.0275. The van der Waals surface area contributed by atoms with E-state index in [-0.39, 0.29) is 60.2 Å². The molecule has 0 aromatic heterocycles. The lowest BCUT2D eigenvalue weighted by Crippen LogP contribution is -2.43. The summed E-state index contributed by atoms with van der Waals surface area (Å²) in [5, 5.41) is 20.5. The smallest absolute Gasteiger partial charge is 0.308 e. The Morgan fingerprint density at radius 1 is 1.30 bits per heavy atom. The van der Waals surface area contributed by atoms with Gasteiger partial charge in [-0.15, -0.1) is 0 Å². The molecule has 3 rings (SSSR count). The van der Waals surface area contributed by atoms with Gasteiger partial charge in [0, 0.05) is 18.3 Å². The second-order valence-electron chi connectivity index (χ2n) is 9.49. The first kappa shape index (κ1) is 22.9. The highest BCUT2D eigenvalue weighted by atomic mass is 16.5. The number of cyclic esters (lactones) is 1. The Morgan fingerprint density at radius 2 is 2.03 bits per heavy atom. The Hall–Kier alpha value is -1.82. The summed E-state index contributed by atoms with van der Waals surface area (Å²) in [6.07, 6.45) is 6.20. The van der Waals surface area contributed by atoms with Gasteiger partial charge in [0.05, 0.1) is 24.2 Å². The lowest BCUT2D eigenvalue weighted by Gasteiger charge is -2.44. The van der Waals surface area contributed by atoms with Gasteiger partial charge in [-0.2, -0.15) is 0 Å². The molecule has 3 aliphatic rings. The van der Waals surface area contributed by atoms with Gasteiger partial charge in [-0.3, -0.25) is 9.59 Å². The summed E-state index contributed by atoms with van der Waals surface area (Å²) in [7, 11) is 0. The van der Waals surface area contributed by atoms with E-state index in [1.54, 1.807) is 0 Å². The third-order valence-corrected chi connectivity index (χ3v) is 7.09. The number of aliphatic hydroxyl groups excluding tert-OH is 2. The predicted octanol–water partition coefficient (Wildman–Crippen LogP) is 4.08. The number of allylic oxidation sites excluding steroid dienone is 3. The van der Waals surface area contributed by atoms with Crippen molar-refractivity contribution in [3.63, 3.8) is 0 Å². The van der Waals surface area contributed by atoms with Crippen molar-refractivity contribution in [3.8, 4) is 0 Å². The maximum atomic E-state index is 12.6. The van der Waals surface area contributed by atoms with E-state index < -0.39 is 6.10 Å². The maximum absolute atomic E-state index is 12.6. The largest absolute Gasteiger partial charge is 0.512 e. The van der Waals surface area contributed by atoms with Crippen molar-refractivity contribution in [2.24, 2.45) is 29.6 Å². The van der Waals surface area contributed by atoms with E-state index in [9.17, 15) is 19.8 Å². The van der Waals surface area contributed by atoms with Crippen molar-refractivity contribution >= 4 is 11.9 Å². The number of carbonyl (C=O) groups excluding carboxylic acids is 2. The third kappa shape index (κ3) is 5.08. The van der Waals surface area contributed by atoms with E-state index in [0.29, 0.717) is 18.6 Å². The average Bonchev–Trinajstić information content (AvgIpc) is 2.67. The van der Waals surface area contributed by atoms with Crippen molar-refractivity contribution < 1.29 is 29.3 Å². The van der Waals surface area contributed by atoms with E-state index >= 15 is 0 Å². The molecule has 0 bridgehead atoms. The Kier molecular flexibility index (Phi) is 7.27. The van der Waals surface area contributed by atoms with Crippen molar-refractivity contribution in [2.45, 2.75) is 84.5 Å². The first-order valence-corrected chi connectivity index (χ1v) is 11.4. The number of ether oxygens (including phenoxy) is 2. The minimum absolute atomic E-state index is 0.0179. The number of rotatable bonds is 6. The first-order chi connectivity index (χ1) is 14.2. The van der Waals surface area contributed by atoms with E-state index in [4.69, 9.17) is 9.47 Å². The predicted molar refractivity (Wildman–Crippen MR) is 112 cm³/mol. The van der Waals surface area contributed by atoms with Gasteiger partial charge in [0.2, 0.25) is 0 Å². The normalized spacial score (nSPS) is 37.4. The van der Waals surface area contributed by atoms with Crippen LogP contribution in [0.25, 0.3) is 0 Å². The number of esters is 2. The van der Waals surface area contributed by atoms with Crippen LogP contribution in [-0.4, -0.2) is 40.5 Å². The number of aliphatic hydroxyl groups is 2. The zero-order valence-electron chi connectivity index (χ0n) is 18.5. The molecule has 8 atom stereocenters. The summed E-state index contributed by atoms with van der Waals surface area (Å²) in [6, 6.07) is 0. The van der Waals surface area contributed by atoms with Crippen LogP contribution >= 0.6 is 0 Å². The minimum Gasteiger partial charge on any atom is -0.512 e. The Labute approximate surface area is 179 Å². The maximum Gasteiger partial charge on any atom is 0.308 e. The highest BCUT2D eigenvalue weighted by molar-refractivity contribution is 5.72. The minimum atomic E-state index is -0.649. The first-order valence-electron chi connectivity index (χ1n) is 11.4. The average molecular weight is 421 g/mol. The van der Waals surface area contributed by atoms with Crippen molar-refractivity contribution in [2.75, 3.05) is 0 Å². The summed E-state index contributed by atoms with van der Waals surface area (Å²) >= 11 is 0. The van der Waals surface area contributed by atoms with Gasteiger partial charge in [-0.25, -0.2) is 0 Å². The molecule has 30 heavy (non-hydrogen) atoms. The van der Waals surface area contributed by atoms with Crippen LogP contribution in [0.5, 0.6) is 0 Å². The molecular weight excluding hydrogens is 384 g/mol. The van der Waals surface area contributed by atoms with Crippen LogP contribution in [0.3, 0.4) is 0 Å². The molecule has 1 saturated heterocycles. The third-order valence-electron chi connectivity index (χ3n) is 7.09. The Morgan fingerprint density at radius 3 is 2.70 bits per heavy atom. The number of hydrogen-bond acceptors (Lipinski definition) is 6. The van der Waals surface area contributed by atoms with E-state index in [0.717, 1.165) is 24.8 Å². The molecule has 168 valence electrons. The summed E-state index contributed by atoms with van der Waals surface area (Å²) in [6.45, 7) is 7.97. The lowest BCUT2D eigenvalue weighted by molar-refractivity contribution is -0.162. The number of fused-ring (bicyclic) bond motifs is 1. The molecule has 2 unspecified atom stereocenters. The summed E-state index contributed by atoms with van der Waals surface area (Å²) < 4.78 is 11.4. The molecule has 0 amide bonds. The van der Waals surface area contributed by atoms with Gasteiger partial charge < -0.3 is 19.7 Å². The van der Waals surface area contributed by atoms with E-state index in [2.05, 4.69) is 13.0 Å². The van der Waals surface area contributed by atoms with Crippen LogP contribution in [0.1, 0.15) is 66.2 Å². The monoisotopic (exact) mass is 420 g/mol. The van der Waals surface area contributed by atoms with Crippen LogP contribution in [0.4, 0.5) is 0 Å². The molecule has 0 spiro atoms. The molecule has 6 heteroatoms. The quantitative estimate of drug-likeness (QED) is 0.629. The van der Waals surface area contributed by atoms with Gasteiger partial charge in [0.25, 0.3) is 0 Å². The summed E-state index contributed by atoms with van der Waals surface area (Å²) in [5.41, 5.74) is 1.04. The molecule has 2 N–H and O–H groups in total. The second kappa shape index (κ2) is 9.54. The van der Waals surface area contributed by atoms with Gasteiger partial charge in [0.1, 0.15) is 12.2 Å². The number of carbonyl (C=O) groups is 2. The molecule has 1 aliphatic heterocycles. The Balaban J connectivity index is 1.79. The van der Waals surface area contributed by atoms with E-state index in [1.807, 2.05) is 26.8 Å². The van der Waals surface area contributed by atoms with Gasteiger partial charge in [0.15, 0.2) is 0 Å². The second-order valence-corrected chi connectivity index (χ2v) is 9.49. The van der Waals surface area contributed by atoms with Gasteiger partial charge in [-0.1, -0.05) is 33.8 Å². The standard InChI is InChI=1S/C24H36O6/c1-5-14(3)24(28)30-21-9-13(2)8-16-10-20(26)15(4)19(23(16)21)7-6-18-11-17(25)12-22(27)29-18/h8,10,13-15,17-19,21,23,25-26H,5-7,9,11-12H2,1-4H3/t13?,14-,15+,17+,18?,19-,21-,23-/m0/s1. The van der Waals surface area contributed by atoms with Crippen LogP contribution in [-0.2, 0) is 19.1 Å². The molecule has 0 radical (unpaired) electrons.